The molecule has 0 saturated carbocycles. The highest BCUT2D eigenvalue weighted by Crippen LogP contribution is 2.31. The zero-order chi connectivity index (χ0) is 22.2. The van der Waals surface area contributed by atoms with Gasteiger partial charge in [0.15, 0.2) is 6.10 Å². The number of thiophene rings is 1. The Morgan fingerprint density at radius 3 is 2.58 bits per heavy atom. The van der Waals surface area contributed by atoms with Crippen molar-refractivity contribution in [1.29, 1.82) is 0 Å². The van der Waals surface area contributed by atoms with Crippen molar-refractivity contribution in [3.05, 3.63) is 57.8 Å². The van der Waals surface area contributed by atoms with Crippen LogP contribution in [-0.4, -0.2) is 36.9 Å². The lowest BCUT2D eigenvalue weighted by molar-refractivity contribution is -0.156. The summed E-state index contributed by atoms with van der Waals surface area (Å²) in [7, 11) is 0. The molecule has 0 unspecified atom stereocenters. The van der Waals surface area contributed by atoms with E-state index < -0.39 is 6.10 Å². The molecule has 1 aromatic carbocycles. The average Bonchev–Trinajstić information content (AvgIpc) is 3.35. The van der Waals surface area contributed by atoms with Gasteiger partial charge in [-0.2, -0.15) is 0 Å². The van der Waals surface area contributed by atoms with Crippen LogP contribution in [0.2, 0.25) is 4.34 Å². The smallest absolute Gasteiger partial charge is 0.335 e. The van der Waals surface area contributed by atoms with E-state index in [2.05, 4.69) is 4.98 Å². The molecule has 31 heavy (non-hydrogen) atoms. The van der Waals surface area contributed by atoms with Gasteiger partial charge in [0.25, 0.3) is 0 Å². The van der Waals surface area contributed by atoms with E-state index in [1.54, 1.807) is 6.92 Å². The SMILES string of the molecule is CCOC(=O)[C@H](Cc1ccc(OCCc2nc(-c3ccc(Cl)s3)oc2C)cc1)OCC. The number of carbonyl (C=O) groups is 1. The van der Waals surface area contributed by atoms with E-state index in [4.69, 9.17) is 30.2 Å². The van der Waals surface area contributed by atoms with E-state index >= 15 is 0 Å². The predicted octanol–water partition coefficient (Wildman–Crippen LogP) is 5.50. The Bertz CT molecular complexity index is 982. The molecule has 0 aliphatic carbocycles. The molecule has 2 heterocycles. The Hall–Kier alpha value is -2.35. The fraction of sp³-hybridized carbons (Fsp3) is 0.391. The summed E-state index contributed by atoms with van der Waals surface area (Å²) in [5.74, 6) is 1.77. The van der Waals surface area contributed by atoms with E-state index in [0.29, 0.717) is 42.9 Å². The number of ether oxygens (including phenoxy) is 3. The van der Waals surface area contributed by atoms with Crippen LogP contribution in [-0.2, 0) is 27.1 Å². The molecule has 0 N–H and O–H groups in total. The van der Waals surface area contributed by atoms with Gasteiger partial charge in [-0.05, 0) is 50.6 Å². The standard InChI is InChI=1S/C23H26ClNO5S/c1-4-27-19(23(26)28-5-2)14-16-6-8-17(9-7-16)29-13-12-18-15(3)30-22(25-18)20-10-11-21(24)31-20/h6-11,19H,4-5,12-14H2,1-3H3/t19-/m0/s1. The number of aryl methyl sites for hydroxylation is 1. The third-order valence-electron chi connectivity index (χ3n) is 4.55. The van der Waals surface area contributed by atoms with Gasteiger partial charge in [-0.25, -0.2) is 9.78 Å². The van der Waals surface area contributed by atoms with Gasteiger partial charge in [0.1, 0.15) is 11.5 Å². The Morgan fingerprint density at radius 2 is 1.94 bits per heavy atom. The maximum atomic E-state index is 12.0. The number of nitrogens with zero attached hydrogens (tertiary/aromatic N) is 1. The van der Waals surface area contributed by atoms with E-state index in [1.165, 1.54) is 11.3 Å². The summed E-state index contributed by atoms with van der Waals surface area (Å²) < 4.78 is 22.9. The van der Waals surface area contributed by atoms with Crippen molar-refractivity contribution in [2.75, 3.05) is 19.8 Å². The van der Waals surface area contributed by atoms with Crippen molar-refractivity contribution in [3.8, 4) is 16.5 Å². The zero-order valence-electron chi connectivity index (χ0n) is 17.9. The molecule has 0 radical (unpaired) electrons. The topological polar surface area (TPSA) is 70.8 Å². The lowest BCUT2D eigenvalue weighted by Gasteiger charge is -2.15. The molecule has 0 spiro atoms. The number of oxazole rings is 1. The molecule has 0 bridgehead atoms. The Balaban J connectivity index is 1.52. The first-order valence-corrected chi connectivity index (χ1v) is 11.4. The molecule has 0 aliphatic heterocycles. The molecule has 0 amide bonds. The number of benzene rings is 1. The summed E-state index contributed by atoms with van der Waals surface area (Å²) >= 11 is 7.43. The Labute approximate surface area is 191 Å². The summed E-state index contributed by atoms with van der Waals surface area (Å²) in [6.07, 6.45) is 0.491. The van der Waals surface area contributed by atoms with Crippen molar-refractivity contribution in [2.24, 2.45) is 0 Å². The van der Waals surface area contributed by atoms with Crippen LogP contribution in [0, 0.1) is 6.92 Å². The molecule has 3 aromatic rings. The van der Waals surface area contributed by atoms with Crippen LogP contribution in [0.4, 0.5) is 0 Å². The minimum atomic E-state index is -0.598. The Morgan fingerprint density at radius 1 is 1.16 bits per heavy atom. The first kappa shape index (κ1) is 23.3. The second kappa shape index (κ2) is 11.3. The molecule has 2 aromatic heterocycles. The van der Waals surface area contributed by atoms with Crippen LogP contribution in [0.25, 0.3) is 10.8 Å². The van der Waals surface area contributed by atoms with E-state index in [9.17, 15) is 4.79 Å². The molecule has 3 rings (SSSR count). The number of hydrogen-bond acceptors (Lipinski definition) is 7. The maximum Gasteiger partial charge on any atom is 0.335 e. The lowest BCUT2D eigenvalue weighted by atomic mass is 10.1. The summed E-state index contributed by atoms with van der Waals surface area (Å²) in [5, 5.41) is 0. The fourth-order valence-electron chi connectivity index (χ4n) is 3.04. The third kappa shape index (κ3) is 6.56. The second-order valence-electron chi connectivity index (χ2n) is 6.77. The van der Waals surface area contributed by atoms with Crippen molar-refractivity contribution < 1.29 is 23.4 Å². The summed E-state index contributed by atoms with van der Waals surface area (Å²) in [6.45, 7) is 6.80. The summed E-state index contributed by atoms with van der Waals surface area (Å²) in [6, 6.07) is 11.4. The van der Waals surface area contributed by atoms with Crippen LogP contribution in [0.15, 0.2) is 40.8 Å². The van der Waals surface area contributed by atoms with Gasteiger partial charge < -0.3 is 18.6 Å². The highest BCUT2D eigenvalue weighted by molar-refractivity contribution is 7.19. The van der Waals surface area contributed by atoms with Crippen LogP contribution < -0.4 is 4.74 Å². The number of halogens is 1. The highest BCUT2D eigenvalue weighted by Gasteiger charge is 2.20. The van der Waals surface area contributed by atoms with Gasteiger partial charge in [-0.1, -0.05) is 23.7 Å². The molecular weight excluding hydrogens is 438 g/mol. The van der Waals surface area contributed by atoms with Crippen LogP contribution >= 0.6 is 22.9 Å². The quantitative estimate of drug-likeness (QED) is 0.350. The van der Waals surface area contributed by atoms with Gasteiger partial charge in [0.05, 0.1) is 28.1 Å². The highest BCUT2D eigenvalue weighted by atomic mass is 35.5. The zero-order valence-corrected chi connectivity index (χ0v) is 19.4. The normalized spacial score (nSPS) is 12.0. The number of esters is 1. The molecule has 6 nitrogen and oxygen atoms in total. The molecule has 0 fully saturated rings. The molecule has 166 valence electrons. The molecular formula is C23H26ClNO5S. The van der Waals surface area contributed by atoms with Crippen molar-refractivity contribution >= 4 is 28.9 Å². The first-order chi connectivity index (χ1) is 15.0. The van der Waals surface area contributed by atoms with E-state index in [1.807, 2.05) is 50.2 Å². The van der Waals surface area contributed by atoms with Crippen LogP contribution in [0.1, 0.15) is 30.9 Å². The Kier molecular flexibility index (Phi) is 8.51. The molecule has 0 saturated heterocycles. The minimum Gasteiger partial charge on any atom is -0.493 e. The largest absolute Gasteiger partial charge is 0.493 e. The predicted molar refractivity (Wildman–Crippen MR) is 121 cm³/mol. The van der Waals surface area contributed by atoms with Crippen molar-refractivity contribution in [1.82, 2.24) is 4.98 Å². The monoisotopic (exact) mass is 463 g/mol. The van der Waals surface area contributed by atoms with Gasteiger partial charge in [0, 0.05) is 19.4 Å². The average molecular weight is 464 g/mol. The van der Waals surface area contributed by atoms with Crippen molar-refractivity contribution in [2.45, 2.75) is 39.7 Å². The van der Waals surface area contributed by atoms with Crippen LogP contribution in [0.3, 0.4) is 0 Å². The summed E-state index contributed by atoms with van der Waals surface area (Å²) in [4.78, 5) is 17.5. The number of hydrogen-bond donors (Lipinski definition) is 0. The van der Waals surface area contributed by atoms with E-state index in [-0.39, 0.29) is 5.97 Å². The van der Waals surface area contributed by atoms with Crippen molar-refractivity contribution in [3.63, 3.8) is 0 Å². The fourth-order valence-corrected chi connectivity index (χ4v) is 4.01. The number of aromatic nitrogens is 1. The van der Waals surface area contributed by atoms with Crippen LogP contribution in [0.5, 0.6) is 5.75 Å². The number of carbonyl (C=O) groups excluding carboxylic acids is 1. The van der Waals surface area contributed by atoms with Gasteiger partial charge in [-0.15, -0.1) is 11.3 Å². The van der Waals surface area contributed by atoms with Gasteiger partial charge in [0.2, 0.25) is 5.89 Å². The lowest BCUT2D eigenvalue weighted by Crippen LogP contribution is -2.28. The number of rotatable bonds is 11. The minimum absolute atomic E-state index is 0.336. The maximum absolute atomic E-state index is 12.0. The summed E-state index contributed by atoms with van der Waals surface area (Å²) in [5.41, 5.74) is 1.84. The van der Waals surface area contributed by atoms with Gasteiger partial charge in [-0.3, -0.25) is 0 Å². The first-order valence-electron chi connectivity index (χ1n) is 10.2. The molecule has 8 heteroatoms. The molecule has 1 atom stereocenters. The van der Waals surface area contributed by atoms with E-state index in [0.717, 1.165) is 27.6 Å². The molecule has 0 aliphatic rings. The second-order valence-corrected chi connectivity index (χ2v) is 8.48. The third-order valence-corrected chi connectivity index (χ3v) is 5.77. The van der Waals surface area contributed by atoms with Gasteiger partial charge >= 0.3 is 5.97 Å².